The van der Waals surface area contributed by atoms with E-state index >= 15 is 0 Å². The first-order valence-corrected chi connectivity index (χ1v) is 7.15. The van der Waals surface area contributed by atoms with Crippen molar-refractivity contribution in [3.8, 4) is 5.75 Å². The SMILES string of the molecule is COc1cccc(CN2CCCC(C)(C)C2C(=O)O)c1F. The van der Waals surface area contributed by atoms with E-state index in [2.05, 4.69) is 0 Å². The largest absolute Gasteiger partial charge is 0.494 e. The molecule has 21 heavy (non-hydrogen) atoms. The topological polar surface area (TPSA) is 49.8 Å². The van der Waals surface area contributed by atoms with Crippen LogP contribution in [0.15, 0.2) is 18.2 Å². The van der Waals surface area contributed by atoms with E-state index in [0.29, 0.717) is 12.1 Å². The zero-order valence-electron chi connectivity index (χ0n) is 12.7. The predicted octanol–water partition coefficient (Wildman–Crippen LogP) is 2.91. The van der Waals surface area contributed by atoms with Gasteiger partial charge in [-0.25, -0.2) is 4.39 Å². The Labute approximate surface area is 124 Å². The fraction of sp³-hybridized carbons (Fsp3) is 0.562. The molecule has 4 nitrogen and oxygen atoms in total. The van der Waals surface area contributed by atoms with Crippen LogP contribution in [-0.2, 0) is 11.3 Å². The summed E-state index contributed by atoms with van der Waals surface area (Å²) in [5.41, 5.74) is 0.151. The van der Waals surface area contributed by atoms with Gasteiger partial charge in [0.15, 0.2) is 11.6 Å². The van der Waals surface area contributed by atoms with Gasteiger partial charge in [0.2, 0.25) is 0 Å². The molecule has 0 amide bonds. The molecule has 1 fully saturated rings. The maximum atomic E-state index is 14.2. The lowest BCUT2D eigenvalue weighted by atomic mass is 9.76. The number of carboxylic acid groups (broad SMARTS) is 1. The lowest BCUT2D eigenvalue weighted by Crippen LogP contribution is -2.53. The molecule has 1 unspecified atom stereocenters. The van der Waals surface area contributed by atoms with Crippen molar-refractivity contribution in [3.63, 3.8) is 0 Å². The van der Waals surface area contributed by atoms with Crippen LogP contribution in [0.1, 0.15) is 32.3 Å². The summed E-state index contributed by atoms with van der Waals surface area (Å²) in [5, 5.41) is 9.53. The van der Waals surface area contributed by atoms with Crippen LogP contribution in [0.5, 0.6) is 5.75 Å². The lowest BCUT2D eigenvalue weighted by Gasteiger charge is -2.44. The predicted molar refractivity (Wildman–Crippen MR) is 77.8 cm³/mol. The maximum absolute atomic E-state index is 14.2. The number of rotatable bonds is 4. The number of nitrogens with zero attached hydrogens (tertiary/aromatic N) is 1. The third kappa shape index (κ3) is 3.18. The Morgan fingerprint density at radius 3 is 2.86 bits per heavy atom. The normalized spacial score (nSPS) is 22.0. The molecule has 0 aromatic heterocycles. The van der Waals surface area contributed by atoms with E-state index in [4.69, 9.17) is 4.74 Å². The second kappa shape index (κ2) is 6.02. The van der Waals surface area contributed by atoms with Crippen molar-refractivity contribution in [1.82, 2.24) is 4.90 Å². The Kier molecular flexibility index (Phi) is 4.52. The zero-order chi connectivity index (χ0) is 15.6. The van der Waals surface area contributed by atoms with E-state index in [1.807, 2.05) is 18.7 Å². The Morgan fingerprint density at radius 2 is 2.24 bits per heavy atom. The van der Waals surface area contributed by atoms with Gasteiger partial charge in [-0.05, 0) is 30.9 Å². The van der Waals surface area contributed by atoms with E-state index in [0.717, 1.165) is 12.8 Å². The van der Waals surface area contributed by atoms with Gasteiger partial charge in [0.25, 0.3) is 0 Å². The molecular weight excluding hydrogens is 273 g/mol. The molecule has 2 rings (SSSR count). The van der Waals surface area contributed by atoms with E-state index < -0.39 is 17.8 Å². The van der Waals surface area contributed by atoms with Crippen molar-refractivity contribution in [1.29, 1.82) is 0 Å². The van der Waals surface area contributed by atoms with Crippen LogP contribution >= 0.6 is 0 Å². The third-order valence-electron chi connectivity index (χ3n) is 4.24. The van der Waals surface area contributed by atoms with Crippen molar-refractivity contribution in [2.75, 3.05) is 13.7 Å². The molecule has 0 spiro atoms. The van der Waals surface area contributed by atoms with Crippen LogP contribution in [0.2, 0.25) is 0 Å². The molecule has 116 valence electrons. The summed E-state index contributed by atoms with van der Waals surface area (Å²) in [6, 6.07) is 4.37. The van der Waals surface area contributed by atoms with Gasteiger partial charge < -0.3 is 9.84 Å². The highest BCUT2D eigenvalue weighted by molar-refractivity contribution is 5.74. The smallest absolute Gasteiger partial charge is 0.321 e. The first-order valence-electron chi connectivity index (χ1n) is 7.15. The van der Waals surface area contributed by atoms with Gasteiger partial charge in [-0.2, -0.15) is 0 Å². The van der Waals surface area contributed by atoms with E-state index in [9.17, 15) is 14.3 Å². The third-order valence-corrected chi connectivity index (χ3v) is 4.24. The molecule has 1 N–H and O–H groups in total. The van der Waals surface area contributed by atoms with E-state index in [1.165, 1.54) is 7.11 Å². The number of carboxylic acids is 1. The van der Waals surface area contributed by atoms with Crippen LogP contribution in [0.3, 0.4) is 0 Å². The number of piperidine rings is 1. The van der Waals surface area contributed by atoms with Crippen molar-refractivity contribution in [2.45, 2.75) is 39.3 Å². The number of methoxy groups -OCH3 is 1. The Hall–Kier alpha value is -1.62. The number of carbonyl (C=O) groups is 1. The molecule has 5 heteroatoms. The van der Waals surface area contributed by atoms with Gasteiger partial charge in [-0.15, -0.1) is 0 Å². The van der Waals surface area contributed by atoms with Gasteiger partial charge in [0, 0.05) is 12.1 Å². The first kappa shape index (κ1) is 15.8. The molecule has 0 radical (unpaired) electrons. The minimum Gasteiger partial charge on any atom is -0.494 e. The number of benzene rings is 1. The molecule has 1 aliphatic heterocycles. The minimum absolute atomic E-state index is 0.190. The van der Waals surface area contributed by atoms with Crippen molar-refractivity contribution in [2.24, 2.45) is 5.41 Å². The summed E-state index contributed by atoms with van der Waals surface area (Å²) in [5.74, 6) is -1.06. The fourth-order valence-electron chi connectivity index (χ4n) is 3.21. The number of hydrogen-bond donors (Lipinski definition) is 1. The van der Waals surface area contributed by atoms with Crippen LogP contribution in [0.4, 0.5) is 4.39 Å². The molecule has 1 aromatic rings. The van der Waals surface area contributed by atoms with Gasteiger partial charge in [-0.1, -0.05) is 26.0 Å². The van der Waals surface area contributed by atoms with Gasteiger partial charge in [0.05, 0.1) is 7.11 Å². The number of hydrogen-bond acceptors (Lipinski definition) is 3. The standard InChI is InChI=1S/C16H22FNO3/c1-16(2)8-5-9-18(14(16)15(19)20)10-11-6-4-7-12(21-3)13(11)17/h4,6-7,14H,5,8-10H2,1-3H3,(H,19,20). The van der Waals surface area contributed by atoms with Crippen LogP contribution in [0.25, 0.3) is 0 Å². The number of aliphatic carboxylic acids is 1. The minimum atomic E-state index is -0.844. The van der Waals surface area contributed by atoms with Crippen molar-refractivity contribution >= 4 is 5.97 Å². The van der Waals surface area contributed by atoms with Crippen molar-refractivity contribution in [3.05, 3.63) is 29.6 Å². The number of halogens is 1. The maximum Gasteiger partial charge on any atom is 0.321 e. The summed E-state index contributed by atoms with van der Waals surface area (Å²) >= 11 is 0. The Balaban J connectivity index is 2.27. The monoisotopic (exact) mass is 295 g/mol. The molecule has 1 aromatic carbocycles. The van der Waals surface area contributed by atoms with E-state index in [1.54, 1.807) is 18.2 Å². The lowest BCUT2D eigenvalue weighted by molar-refractivity contribution is -0.151. The summed E-state index contributed by atoms with van der Waals surface area (Å²) < 4.78 is 19.2. The molecule has 1 aliphatic rings. The highest BCUT2D eigenvalue weighted by Crippen LogP contribution is 2.36. The highest BCUT2D eigenvalue weighted by atomic mass is 19.1. The molecule has 1 heterocycles. The van der Waals surface area contributed by atoms with E-state index in [-0.39, 0.29) is 17.7 Å². The molecule has 0 aliphatic carbocycles. The highest BCUT2D eigenvalue weighted by Gasteiger charge is 2.42. The summed E-state index contributed by atoms with van der Waals surface area (Å²) in [7, 11) is 1.42. The summed E-state index contributed by atoms with van der Waals surface area (Å²) in [6.07, 6.45) is 1.78. The summed E-state index contributed by atoms with van der Waals surface area (Å²) in [4.78, 5) is 13.5. The zero-order valence-corrected chi connectivity index (χ0v) is 12.7. The van der Waals surface area contributed by atoms with Gasteiger partial charge in [-0.3, -0.25) is 9.69 Å². The molecule has 0 saturated carbocycles. The number of ether oxygens (including phenoxy) is 1. The Bertz CT molecular complexity index is 530. The number of likely N-dealkylation sites (tertiary alicyclic amines) is 1. The van der Waals surface area contributed by atoms with Crippen molar-refractivity contribution < 1.29 is 19.0 Å². The van der Waals surface area contributed by atoms with Gasteiger partial charge in [0.1, 0.15) is 6.04 Å². The second-order valence-electron chi connectivity index (χ2n) is 6.24. The van der Waals surface area contributed by atoms with Crippen LogP contribution < -0.4 is 4.74 Å². The van der Waals surface area contributed by atoms with Gasteiger partial charge >= 0.3 is 5.97 Å². The average molecular weight is 295 g/mol. The molecule has 0 bridgehead atoms. The molecular formula is C16H22FNO3. The van der Waals surface area contributed by atoms with Crippen LogP contribution in [0, 0.1) is 11.2 Å². The first-order chi connectivity index (χ1) is 9.86. The molecule has 1 saturated heterocycles. The quantitative estimate of drug-likeness (QED) is 0.928. The summed E-state index contributed by atoms with van der Waals surface area (Å²) in [6.45, 7) is 4.86. The van der Waals surface area contributed by atoms with Crippen LogP contribution in [-0.4, -0.2) is 35.7 Å². The second-order valence-corrected chi connectivity index (χ2v) is 6.24. The average Bonchev–Trinajstić information content (AvgIpc) is 2.39. The Morgan fingerprint density at radius 1 is 1.52 bits per heavy atom. The molecule has 1 atom stereocenters. The fourth-order valence-corrected chi connectivity index (χ4v) is 3.21.